The lowest BCUT2D eigenvalue weighted by Crippen LogP contribution is -2.30. The molecule has 2 rings (SSSR count). The summed E-state index contributed by atoms with van der Waals surface area (Å²) in [6.07, 6.45) is 3.27. The Kier molecular flexibility index (Phi) is 2.38. The van der Waals surface area contributed by atoms with Crippen LogP contribution in [0.1, 0.15) is 33.1 Å². The van der Waals surface area contributed by atoms with Crippen LogP contribution in [0.25, 0.3) is 0 Å². The molecule has 2 nitrogen and oxygen atoms in total. The van der Waals surface area contributed by atoms with Crippen molar-refractivity contribution in [3.05, 3.63) is 11.0 Å². The highest BCUT2D eigenvalue weighted by Gasteiger charge is 2.41. The molecule has 0 aromatic rings. The highest BCUT2D eigenvalue weighted by Crippen LogP contribution is 2.49. The zero-order valence-corrected chi connectivity index (χ0v) is 9.43. The minimum absolute atomic E-state index is 0.207. The Morgan fingerprint density at radius 2 is 2.36 bits per heavy atom. The molecule has 78 valence electrons. The molecular weight excluding hydrogens is 196 g/mol. The van der Waals surface area contributed by atoms with E-state index in [-0.39, 0.29) is 5.25 Å². The molecule has 1 heterocycles. The van der Waals surface area contributed by atoms with Gasteiger partial charge in [-0.2, -0.15) is 0 Å². The molecule has 1 aliphatic carbocycles. The van der Waals surface area contributed by atoms with Gasteiger partial charge in [0.05, 0.1) is 0 Å². The minimum Gasteiger partial charge on any atom is -0.480 e. The fourth-order valence-electron chi connectivity index (χ4n) is 2.46. The Hall–Kier alpha value is -0.440. The van der Waals surface area contributed by atoms with E-state index in [0.29, 0.717) is 11.3 Å². The van der Waals surface area contributed by atoms with Crippen molar-refractivity contribution in [3.63, 3.8) is 0 Å². The van der Waals surface area contributed by atoms with Crippen LogP contribution in [-0.2, 0) is 4.79 Å². The van der Waals surface area contributed by atoms with Crippen LogP contribution in [0.15, 0.2) is 11.0 Å². The Bertz CT molecular complexity index is 294. The second kappa shape index (κ2) is 3.30. The molecule has 1 N–H and O–H groups in total. The molecule has 0 spiro atoms. The number of hydrogen-bond acceptors (Lipinski definition) is 2. The first kappa shape index (κ1) is 10.1. The molecule has 3 heteroatoms. The molecule has 0 bridgehead atoms. The summed E-state index contributed by atoms with van der Waals surface area (Å²) in [5, 5.41) is 10.9. The third-order valence-corrected chi connectivity index (χ3v) is 4.53. The monoisotopic (exact) mass is 212 g/mol. The molecule has 0 aromatic carbocycles. The molecule has 0 saturated heterocycles. The van der Waals surface area contributed by atoms with Crippen molar-refractivity contribution in [3.8, 4) is 0 Å². The first-order chi connectivity index (χ1) is 6.49. The minimum atomic E-state index is -0.647. The van der Waals surface area contributed by atoms with Crippen LogP contribution in [-0.4, -0.2) is 16.3 Å². The Morgan fingerprint density at radius 1 is 1.64 bits per heavy atom. The summed E-state index contributed by atoms with van der Waals surface area (Å²) in [6.45, 7) is 4.53. The van der Waals surface area contributed by atoms with Gasteiger partial charge < -0.3 is 5.11 Å². The van der Waals surface area contributed by atoms with Crippen molar-refractivity contribution in [2.45, 2.75) is 38.4 Å². The first-order valence-corrected chi connectivity index (χ1v) is 6.01. The highest BCUT2D eigenvalue weighted by atomic mass is 32.2. The van der Waals surface area contributed by atoms with Crippen LogP contribution in [0, 0.1) is 11.3 Å². The molecule has 2 atom stereocenters. The lowest BCUT2D eigenvalue weighted by atomic mass is 9.70. The van der Waals surface area contributed by atoms with Gasteiger partial charge in [-0.1, -0.05) is 19.4 Å². The molecule has 2 aliphatic rings. The van der Waals surface area contributed by atoms with Crippen LogP contribution < -0.4 is 0 Å². The van der Waals surface area contributed by atoms with Gasteiger partial charge in [0.1, 0.15) is 5.25 Å². The fraction of sp³-hybridized carbons (Fsp3) is 0.727. The lowest BCUT2D eigenvalue weighted by molar-refractivity contribution is -0.137. The summed E-state index contributed by atoms with van der Waals surface area (Å²) in [5.74, 6) is -0.337. The molecule has 2 unspecified atom stereocenters. The van der Waals surface area contributed by atoms with E-state index in [4.69, 9.17) is 5.11 Å². The van der Waals surface area contributed by atoms with E-state index in [9.17, 15) is 4.79 Å². The smallest absolute Gasteiger partial charge is 0.317 e. The Balaban J connectivity index is 2.12. The normalized spacial score (nSPS) is 34.9. The molecule has 14 heavy (non-hydrogen) atoms. The van der Waals surface area contributed by atoms with Crippen molar-refractivity contribution in [2.75, 3.05) is 0 Å². The molecule has 0 aromatic heterocycles. The maximum Gasteiger partial charge on any atom is 0.317 e. The quantitative estimate of drug-likeness (QED) is 0.726. The van der Waals surface area contributed by atoms with Gasteiger partial charge in [-0.15, -0.1) is 11.8 Å². The van der Waals surface area contributed by atoms with Crippen molar-refractivity contribution in [2.24, 2.45) is 11.3 Å². The SMILES string of the molecule is CC1(C)CCC2C(=CSC2C(=O)O)C1. The molecule has 1 saturated carbocycles. The summed E-state index contributed by atoms with van der Waals surface area (Å²) in [6, 6.07) is 0. The van der Waals surface area contributed by atoms with Gasteiger partial charge in [-0.25, -0.2) is 0 Å². The predicted octanol–water partition coefficient (Wildman–Crippen LogP) is 2.90. The zero-order chi connectivity index (χ0) is 10.3. The van der Waals surface area contributed by atoms with Crippen molar-refractivity contribution in [1.82, 2.24) is 0 Å². The van der Waals surface area contributed by atoms with Gasteiger partial charge in [0, 0.05) is 5.92 Å². The Labute approximate surface area is 88.8 Å². The average molecular weight is 212 g/mol. The second-order valence-electron chi connectivity index (χ2n) is 5.07. The third-order valence-electron chi connectivity index (χ3n) is 3.27. The van der Waals surface area contributed by atoms with Gasteiger partial charge in [0.2, 0.25) is 0 Å². The van der Waals surface area contributed by atoms with E-state index in [1.165, 1.54) is 17.3 Å². The van der Waals surface area contributed by atoms with Gasteiger partial charge in [0.15, 0.2) is 0 Å². The topological polar surface area (TPSA) is 37.3 Å². The lowest BCUT2D eigenvalue weighted by Gasteiger charge is -2.35. The van der Waals surface area contributed by atoms with Crippen molar-refractivity contribution >= 4 is 17.7 Å². The number of carboxylic acid groups (broad SMARTS) is 1. The van der Waals surface area contributed by atoms with Crippen LogP contribution in [0.5, 0.6) is 0 Å². The van der Waals surface area contributed by atoms with Crippen molar-refractivity contribution < 1.29 is 9.90 Å². The average Bonchev–Trinajstić information content (AvgIpc) is 2.44. The molecule has 1 aliphatic heterocycles. The van der Waals surface area contributed by atoms with Gasteiger partial charge in [0.25, 0.3) is 0 Å². The maximum atomic E-state index is 11.0. The number of hydrogen-bond donors (Lipinski definition) is 1. The molecule has 0 radical (unpaired) electrons. The summed E-state index contributed by atoms with van der Waals surface area (Å²) in [5.41, 5.74) is 1.75. The highest BCUT2D eigenvalue weighted by molar-refractivity contribution is 8.03. The summed E-state index contributed by atoms with van der Waals surface area (Å²) >= 11 is 1.49. The van der Waals surface area contributed by atoms with Crippen LogP contribution >= 0.6 is 11.8 Å². The second-order valence-corrected chi connectivity index (χ2v) is 6.09. The van der Waals surface area contributed by atoms with E-state index in [2.05, 4.69) is 19.3 Å². The van der Waals surface area contributed by atoms with Gasteiger partial charge in [-0.05, 0) is 30.1 Å². The maximum absolute atomic E-state index is 11.0. The van der Waals surface area contributed by atoms with E-state index < -0.39 is 5.97 Å². The number of thioether (sulfide) groups is 1. The van der Waals surface area contributed by atoms with E-state index in [1.807, 2.05) is 0 Å². The standard InChI is InChI=1S/C11H16O2S/c1-11(2)4-3-8-7(5-11)6-14-9(8)10(12)13/h6,8-9H,3-5H2,1-2H3,(H,12,13). The van der Waals surface area contributed by atoms with E-state index >= 15 is 0 Å². The van der Waals surface area contributed by atoms with E-state index in [1.54, 1.807) is 0 Å². The molecular formula is C11H16O2S. The number of rotatable bonds is 1. The number of carbonyl (C=O) groups is 1. The number of carboxylic acids is 1. The first-order valence-electron chi connectivity index (χ1n) is 5.07. The predicted molar refractivity (Wildman–Crippen MR) is 58.2 cm³/mol. The van der Waals surface area contributed by atoms with Gasteiger partial charge >= 0.3 is 5.97 Å². The van der Waals surface area contributed by atoms with E-state index in [0.717, 1.165) is 19.3 Å². The van der Waals surface area contributed by atoms with Crippen molar-refractivity contribution in [1.29, 1.82) is 0 Å². The third kappa shape index (κ3) is 1.70. The van der Waals surface area contributed by atoms with Crippen LogP contribution in [0.2, 0.25) is 0 Å². The van der Waals surface area contributed by atoms with Crippen LogP contribution in [0.4, 0.5) is 0 Å². The zero-order valence-electron chi connectivity index (χ0n) is 8.62. The summed E-state index contributed by atoms with van der Waals surface area (Å²) in [7, 11) is 0. The summed E-state index contributed by atoms with van der Waals surface area (Å²) < 4.78 is 0. The Morgan fingerprint density at radius 3 is 3.00 bits per heavy atom. The summed E-state index contributed by atoms with van der Waals surface area (Å²) in [4.78, 5) is 11.0. The van der Waals surface area contributed by atoms with Gasteiger partial charge in [-0.3, -0.25) is 4.79 Å². The fourth-order valence-corrected chi connectivity index (χ4v) is 3.66. The van der Waals surface area contributed by atoms with Crippen LogP contribution in [0.3, 0.4) is 0 Å². The molecule has 1 fully saturated rings. The molecule has 0 amide bonds. The number of aliphatic carboxylic acids is 1. The number of fused-ring (bicyclic) bond motifs is 1. The number of allylic oxidation sites excluding steroid dienone is 1. The largest absolute Gasteiger partial charge is 0.480 e.